The molecule has 0 aromatic carbocycles. The zero-order valence-corrected chi connectivity index (χ0v) is 11.7. The number of aliphatic hydroxyl groups excluding tert-OH is 1. The zero-order chi connectivity index (χ0) is 14.4. The minimum Gasteiger partial charge on any atom is -0.461 e. The van der Waals surface area contributed by atoms with Crippen LogP contribution in [0.2, 0.25) is 0 Å². The van der Waals surface area contributed by atoms with Crippen molar-refractivity contribution in [3.63, 3.8) is 0 Å². The molecule has 1 atom stereocenters. The molecule has 1 aromatic rings. The molecule has 0 bridgehead atoms. The van der Waals surface area contributed by atoms with Gasteiger partial charge in [0, 0.05) is 31.2 Å². The van der Waals surface area contributed by atoms with Crippen molar-refractivity contribution in [2.24, 2.45) is 0 Å². The number of aromatic nitrogens is 1. The van der Waals surface area contributed by atoms with E-state index in [-0.39, 0.29) is 12.2 Å². The maximum atomic E-state index is 11.2. The molecule has 3 N–H and O–H groups in total. The van der Waals surface area contributed by atoms with Gasteiger partial charge in [0.1, 0.15) is 5.75 Å². The van der Waals surface area contributed by atoms with Gasteiger partial charge in [-0.3, -0.25) is 9.55 Å². The van der Waals surface area contributed by atoms with E-state index in [1.54, 1.807) is 20.8 Å². The lowest BCUT2D eigenvalue weighted by molar-refractivity contribution is -0.181. The van der Waals surface area contributed by atoms with Gasteiger partial charge >= 0.3 is 7.60 Å². The summed E-state index contributed by atoms with van der Waals surface area (Å²) < 4.78 is 22.2. The predicted octanol–water partition coefficient (Wildman–Crippen LogP) is 1.20. The fraction of sp³-hybridized carbons (Fsp3) is 0.545. The highest BCUT2D eigenvalue weighted by Gasteiger charge is 2.36. The number of aliphatic hydroxyl groups is 1. The summed E-state index contributed by atoms with van der Waals surface area (Å²) in [4.78, 5) is 22.1. The monoisotopic (exact) mass is 289 g/mol. The largest absolute Gasteiger partial charge is 0.461 e. The molecule has 0 fully saturated rings. The molecule has 0 saturated heterocycles. The van der Waals surface area contributed by atoms with Crippen LogP contribution in [0.1, 0.15) is 36.5 Å². The van der Waals surface area contributed by atoms with Crippen molar-refractivity contribution in [3.05, 3.63) is 23.0 Å². The van der Waals surface area contributed by atoms with Crippen LogP contribution in [0.4, 0.5) is 0 Å². The third kappa shape index (κ3) is 2.80. The first kappa shape index (κ1) is 14.4. The molecule has 19 heavy (non-hydrogen) atoms. The molecule has 0 aliphatic carbocycles. The van der Waals surface area contributed by atoms with E-state index in [4.69, 9.17) is 19.3 Å². The lowest BCUT2D eigenvalue weighted by Crippen LogP contribution is -2.36. The Kier molecular flexibility index (Phi) is 3.45. The number of pyridine rings is 1. The highest BCUT2D eigenvalue weighted by Crippen LogP contribution is 2.52. The van der Waals surface area contributed by atoms with Crippen molar-refractivity contribution >= 4 is 7.60 Å². The van der Waals surface area contributed by atoms with E-state index in [0.29, 0.717) is 17.0 Å². The standard InChI is InChI=1S/C11H16NO6P/c1-6-9-8(5-17-11(2,3)18-9)7(4-12-6)10(13)19(14,15)16/h4,10,13H,5H2,1-3H3,(H2,14,15,16). The van der Waals surface area contributed by atoms with Gasteiger partial charge in [0.2, 0.25) is 5.79 Å². The van der Waals surface area contributed by atoms with Crippen LogP contribution in [0.5, 0.6) is 5.75 Å². The Morgan fingerprint density at radius 2 is 2.11 bits per heavy atom. The second-order valence-corrected chi connectivity index (χ2v) is 6.53. The Bertz CT molecular complexity index is 552. The first-order valence-electron chi connectivity index (χ1n) is 5.66. The van der Waals surface area contributed by atoms with Crippen LogP contribution < -0.4 is 4.74 Å². The number of hydrogen-bond acceptors (Lipinski definition) is 5. The fourth-order valence-corrected chi connectivity index (χ4v) is 2.45. The lowest BCUT2D eigenvalue weighted by Gasteiger charge is -2.34. The van der Waals surface area contributed by atoms with Crippen LogP contribution in [-0.2, 0) is 15.9 Å². The van der Waals surface area contributed by atoms with Crippen LogP contribution in [-0.4, -0.2) is 25.7 Å². The number of ether oxygens (including phenoxy) is 2. The van der Waals surface area contributed by atoms with E-state index in [9.17, 15) is 9.67 Å². The molecule has 1 unspecified atom stereocenters. The van der Waals surface area contributed by atoms with Crippen molar-refractivity contribution in [1.29, 1.82) is 0 Å². The summed E-state index contributed by atoms with van der Waals surface area (Å²) in [6, 6.07) is 0. The summed E-state index contributed by atoms with van der Waals surface area (Å²) in [5.74, 6) is -2.37. The van der Waals surface area contributed by atoms with Gasteiger partial charge < -0.3 is 24.4 Å². The van der Waals surface area contributed by atoms with Gasteiger partial charge in [-0.2, -0.15) is 0 Å². The molecule has 7 nitrogen and oxygen atoms in total. The summed E-state index contributed by atoms with van der Waals surface area (Å²) >= 11 is 0. The van der Waals surface area contributed by atoms with E-state index in [1.165, 1.54) is 6.20 Å². The third-order valence-electron chi connectivity index (χ3n) is 2.86. The summed E-state index contributed by atoms with van der Waals surface area (Å²) in [7, 11) is -4.67. The quantitative estimate of drug-likeness (QED) is 0.702. The third-order valence-corrected chi connectivity index (χ3v) is 3.77. The molecule has 0 spiro atoms. The number of rotatable bonds is 2. The maximum Gasteiger partial charge on any atom is 0.358 e. The topological polar surface area (TPSA) is 109 Å². The number of fused-ring (bicyclic) bond motifs is 1. The van der Waals surface area contributed by atoms with Crippen molar-refractivity contribution in [2.45, 2.75) is 39.0 Å². The molecule has 0 saturated carbocycles. The fourth-order valence-electron chi connectivity index (χ4n) is 1.86. The molecule has 106 valence electrons. The Balaban J connectivity index is 2.53. The summed E-state index contributed by atoms with van der Waals surface area (Å²) in [5, 5.41) is 9.72. The van der Waals surface area contributed by atoms with Crippen LogP contribution >= 0.6 is 7.60 Å². The van der Waals surface area contributed by atoms with Crippen molar-refractivity contribution < 1.29 is 28.9 Å². The summed E-state index contributed by atoms with van der Waals surface area (Å²) in [6.07, 6.45) is 1.24. The van der Waals surface area contributed by atoms with Gasteiger partial charge in [-0.15, -0.1) is 0 Å². The normalized spacial score (nSPS) is 19.5. The van der Waals surface area contributed by atoms with Crippen molar-refractivity contribution in [2.75, 3.05) is 0 Å². The van der Waals surface area contributed by atoms with Crippen LogP contribution in [0.25, 0.3) is 0 Å². The van der Waals surface area contributed by atoms with Gasteiger partial charge in [0.05, 0.1) is 12.3 Å². The number of hydrogen-bond donors (Lipinski definition) is 3. The van der Waals surface area contributed by atoms with Gasteiger partial charge in [0.25, 0.3) is 0 Å². The molecule has 1 aliphatic heterocycles. The average Bonchev–Trinajstić information content (AvgIpc) is 2.27. The predicted molar refractivity (Wildman–Crippen MR) is 65.5 cm³/mol. The van der Waals surface area contributed by atoms with Gasteiger partial charge in [0.15, 0.2) is 5.85 Å². The highest BCUT2D eigenvalue weighted by molar-refractivity contribution is 7.51. The van der Waals surface area contributed by atoms with E-state index >= 15 is 0 Å². The molecular weight excluding hydrogens is 273 g/mol. The van der Waals surface area contributed by atoms with Gasteiger partial charge in [-0.05, 0) is 6.92 Å². The van der Waals surface area contributed by atoms with Crippen molar-refractivity contribution in [1.82, 2.24) is 4.98 Å². The van der Waals surface area contributed by atoms with Crippen LogP contribution in [0.3, 0.4) is 0 Å². The smallest absolute Gasteiger partial charge is 0.358 e. The zero-order valence-electron chi connectivity index (χ0n) is 10.8. The first-order chi connectivity index (χ1) is 8.62. The molecule has 2 rings (SSSR count). The molecule has 1 aliphatic rings. The average molecular weight is 289 g/mol. The van der Waals surface area contributed by atoms with E-state index in [2.05, 4.69) is 4.98 Å². The Morgan fingerprint density at radius 3 is 2.68 bits per heavy atom. The molecule has 1 aromatic heterocycles. The summed E-state index contributed by atoms with van der Waals surface area (Å²) in [5.41, 5.74) is 1.03. The molecule has 0 radical (unpaired) electrons. The van der Waals surface area contributed by atoms with Crippen LogP contribution in [0, 0.1) is 6.92 Å². The minimum atomic E-state index is -4.67. The molecule has 8 heteroatoms. The number of nitrogens with zero attached hydrogens (tertiary/aromatic N) is 1. The number of aryl methyl sites for hydroxylation is 1. The highest BCUT2D eigenvalue weighted by atomic mass is 31.2. The van der Waals surface area contributed by atoms with Crippen LogP contribution in [0.15, 0.2) is 6.20 Å². The van der Waals surface area contributed by atoms with E-state index in [0.717, 1.165) is 0 Å². The minimum absolute atomic E-state index is 0.0319. The Morgan fingerprint density at radius 1 is 1.47 bits per heavy atom. The maximum absolute atomic E-state index is 11.2. The second-order valence-electron chi connectivity index (χ2n) is 4.86. The van der Waals surface area contributed by atoms with Gasteiger partial charge in [-0.25, -0.2) is 0 Å². The van der Waals surface area contributed by atoms with Crippen molar-refractivity contribution in [3.8, 4) is 5.75 Å². The van der Waals surface area contributed by atoms with Gasteiger partial charge in [-0.1, -0.05) is 0 Å². The SMILES string of the molecule is Cc1ncc(C(O)P(=O)(O)O)c2c1OC(C)(C)OC2. The first-order valence-corrected chi connectivity index (χ1v) is 7.34. The summed E-state index contributed by atoms with van der Waals surface area (Å²) in [6.45, 7) is 5.26. The Hall–Kier alpha value is -0.980. The Labute approximate surface area is 110 Å². The van der Waals surface area contributed by atoms with E-state index in [1.807, 2.05) is 0 Å². The lowest BCUT2D eigenvalue weighted by atomic mass is 10.1. The van der Waals surface area contributed by atoms with E-state index < -0.39 is 19.2 Å². The molecule has 2 heterocycles. The molecule has 0 amide bonds. The second kappa shape index (κ2) is 4.54. The molecular formula is C11H16NO6P.